The molecule has 1 amide bonds. The number of benzene rings is 4. The Morgan fingerprint density at radius 2 is 1.43 bits per heavy atom. The van der Waals surface area contributed by atoms with E-state index in [1.807, 2.05) is 84.9 Å². The molecule has 1 atom stereocenters. The maximum absolute atomic E-state index is 12.7. The first-order valence-electron chi connectivity index (χ1n) is 11.6. The normalized spacial score (nSPS) is 11.5. The lowest BCUT2D eigenvalue weighted by molar-refractivity contribution is -0.0854. The third-order valence-corrected chi connectivity index (χ3v) is 5.95. The Morgan fingerprint density at radius 3 is 2.11 bits per heavy atom. The van der Waals surface area contributed by atoms with Gasteiger partial charge in [-0.3, -0.25) is 10.0 Å². The van der Waals surface area contributed by atoms with Crippen LogP contribution < -0.4 is 9.47 Å². The topological polar surface area (TPSA) is 59.0 Å². The molecule has 5 nitrogen and oxygen atoms in total. The van der Waals surface area contributed by atoms with Crippen LogP contribution in [-0.2, 0) is 12.8 Å². The molecule has 0 aliphatic carbocycles. The number of rotatable bonds is 9. The zero-order valence-electron chi connectivity index (χ0n) is 19.9. The van der Waals surface area contributed by atoms with Gasteiger partial charge in [-0.25, -0.2) is 5.06 Å². The Bertz CT molecular complexity index is 1240. The van der Waals surface area contributed by atoms with Crippen LogP contribution in [0.1, 0.15) is 40.0 Å². The van der Waals surface area contributed by atoms with Crippen molar-refractivity contribution in [1.82, 2.24) is 5.06 Å². The van der Waals surface area contributed by atoms with Gasteiger partial charge in [0.05, 0.1) is 13.2 Å². The Balaban J connectivity index is 1.34. The summed E-state index contributed by atoms with van der Waals surface area (Å²) in [5, 5.41) is 11.2. The molecular weight excluding hydrogens is 438 g/mol. The molecule has 0 aromatic heterocycles. The third-order valence-electron chi connectivity index (χ3n) is 5.95. The van der Waals surface area contributed by atoms with Crippen LogP contribution in [0.3, 0.4) is 0 Å². The summed E-state index contributed by atoms with van der Waals surface area (Å²) in [6.07, 6.45) is 1.66. The van der Waals surface area contributed by atoms with Crippen LogP contribution in [0.5, 0.6) is 17.2 Å². The summed E-state index contributed by atoms with van der Waals surface area (Å²) in [6, 6.07) is 32.0. The summed E-state index contributed by atoms with van der Waals surface area (Å²) >= 11 is 0. The van der Waals surface area contributed by atoms with E-state index >= 15 is 0 Å². The Hall–Kier alpha value is -4.09. The summed E-state index contributed by atoms with van der Waals surface area (Å²) in [7, 11) is 1.64. The standard InChI is InChI=1S/C30H29NO4/c1-22(25-8-4-3-5-9-25)31(33)30(32)26-15-13-23(14-16-26)11-12-24-7-6-10-29(21-24)35-28-19-17-27(34-2)18-20-28/h3-10,13-22,33H,11-12H2,1-2H3. The fourth-order valence-electron chi connectivity index (χ4n) is 3.83. The summed E-state index contributed by atoms with van der Waals surface area (Å²) in [4.78, 5) is 12.7. The van der Waals surface area contributed by atoms with Crippen LogP contribution in [0, 0.1) is 0 Å². The minimum Gasteiger partial charge on any atom is -0.497 e. The number of hydrogen-bond donors (Lipinski definition) is 1. The van der Waals surface area contributed by atoms with Gasteiger partial charge < -0.3 is 9.47 Å². The monoisotopic (exact) mass is 467 g/mol. The fraction of sp³-hybridized carbons (Fsp3) is 0.167. The van der Waals surface area contributed by atoms with E-state index < -0.39 is 11.9 Å². The number of carbonyl (C=O) groups excluding carboxylic acids is 1. The minimum atomic E-state index is -0.434. The highest BCUT2D eigenvalue weighted by Gasteiger charge is 2.21. The lowest BCUT2D eigenvalue weighted by Gasteiger charge is -2.23. The van der Waals surface area contributed by atoms with Crippen LogP contribution >= 0.6 is 0 Å². The largest absolute Gasteiger partial charge is 0.497 e. The zero-order valence-corrected chi connectivity index (χ0v) is 19.9. The molecule has 4 aromatic rings. The molecule has 1 N–H and O–H groups in total. The van der Waals surface area contributed by atoms with E-state index in [1.54, 1.807) is 26.2 Å². The van der Waals surface area contributed by atoms with Crippen LogP contribution in [0.25, 0.3) is 0 Å². The number of ether oxygens (including phenoxy) is 2. The second-order valence-electron chi connectivity index (χ2n) is 8.36. The van der Waals surface area contributed by atoms with E-state index in [0.29, 0.717) is 5.56 Å². The first-order valence-corrected chi connectivity index (χ1v) is 11.6. The molecule has 0 saturated heterocycles. The molecule has 1 unspecified atom stereocenters. The highest BCUT2D eigenvalue weighted by atomic mass is 16.5. The van der Waals surface area contributed by atoms with Gasteiger partial charge in [0.1, 0.15) is 17.2 Å². The SMILES string of the molecule is COc1ccc(Oc2cccc(CCc3ccc(C(=O)N(O)C(C)c4ccccc4)cc3)c2)cc1. The molecule has 35 heavy (non-hydrogen) atoms. The average Bonchev–Trinajstić information content (AvgIpc) is 2.92. The van der Waals surface area contributed by atoms with Crippen molar-refractivity contribution in [3.63, 3.8) is 0 Å². The predicted octanol–water partition coefficient (Wildman–Crippen LogP) is 6.87. The molecule has 4 rings (SSSR count). The maximum atomic E-state index is 12.7. The third kappa shape index (κ3) is 6.28. The highest BCUT2D eigenvalue weighted by molar-refractivity contribution is 5.93. The van der Waals surface area contributed by atoms with Crippen molar-refractivity contribution in [3.8, 4) is 17.2 Å². The van der Waals surface area contributed by atoms with Gasteiger partial charge in [0.25, 0.3) is 5.91 Å². The number of hydrogen-bond acceptors (Lipinski definition) is 4. The quantitative estimate of drug-likeness (QED) is 0.216. The fourth-order valence-corrected chi connectivity index (χ4v) is 3.83. The summed E-state index contributed by atoms with van der Waals surface area (Å²) < 4.78 is 11.1. The van der Waals surface area contributed by atoms with E-state index in [0.717, 1.165) is 51.8 Å². The van der Waals surface area contributed by atoms with Gasteiger partial charge in [0.15, 0.2) is 0 Å². The van der Waals surface area contributed by atoms with Crippen LogP contribution in [0.15, 0.2) is 103 Å². The van der Waals surface area contributed by atoms with Gasteiger partial charge in [-0.15, -0.1) is 0 Å². The summed E-state index contributed by atoms with van der Waals surface area (Å²) in [5.41, 5.74) is 3.60. The van der Waals surface area contributed by atoms with Gasteiger partial charge in [-0.2, -0.15) is 0 Å². The van der Waals surface area contributed by atoms with E-state index in [1.165, 1.54) is 0 Å². The van der Waals surface area contributed by atoms with Crippen molar-refractivity contribution >= 4 is 5.91 Å². The lowest BCUT2D eigenvalue weighted by Crippen LogP contribution is -2.30. The molecule has 0 spiro atoms. The number of amides is 1. The molecule has 0 saturated carbocycles. The van der Waals surface area contributed by atoms with E-state index in [4.69, 9.17) is 9.47 Å². The molecular formula is C30H29NO4. The van der Waals surface area contributed by atoms with E-state index in [9.17, 15) is 10.0 Å². The second-order valence-corrected chi connectivity index (χ2v) is 8.36. The smallest absolute Gasteiger partial charge is 0.277 e. The average molecular weight is 468 g/mol. The van der Waals surface area contributed by atoms with Gasteiger partial charge in [0, 0.05) is 5.56 Å². The first kappa shape index (κ1) is 24.0. The van der Waals surface area contributed by atoms with Crippen molar-refractivity contribution in [2.75, 3.05) is 7.11 Å². The molecule has 0 heterocycles. The van der Waals surface area contributed by atoms with Gasteiger partial charge in [0.2, 0.25) is 0 Å². The Labute approximate surface area is 206 Å². The molecule has 0 fully saturated rings. The van der Waals surface area contributed by atoms with E-state index in [2.05, 4.69) is 6.07 Å². The van der Waals surface area contributed by atoms with Gasteiger partial charge >= 0.3 is 0 Å². The molecule has 5 heteroatoms. The summed E-state index contributed by atoms with van der Waals surface area (Å²) in [6.45, 7) is 1.80. The van der Waals surface area contributed by atoms with Crippen LogP contribution in [0.4, 0.5) is 0 Å². The number of carbonyl (C=O) groups is 1. The van der Waals surface area contributed by atoms with Crippen molar-refractivity contribution in [1.29, 1.82) is 0 Å². The number of hydroxylamine groups is 2. The van der Waals surface area contributed by atoms with Crippen molar-refractivity contribution < 1.29 is 19.5 Å². The van der Waals surface area contributed by atoms with Gasteiger partial charge in [-0.05, 0) is 85.0 Å². The molecule has 0 aliphatic heterocycles. The predicted molar refractivity (Wildman–Crippen MR) is 136 cm³/mol. The molecule has 0 radical (unpaired) electrons. The zero-order chi connectivity index (χ0) is 24.6. The second kappa shape index (κ2) is 11.4. The van der Waals surface area contributed by atoms with Crippen molar-refractivity contribution in [2.24, 2.45) is 0 Å². The number of aryl methyl sites for hydroxylation is 2. The molecule has 178 valence electrons. The molecule has 4 aromatic carbocycles. The molecule has 0 bridgehead atoms. The lowest BCUT2D eigenvalue weighted by atomic mass is 10.0. The summed E-state index contributed by atoms with van der Waals surface area (Å²) in [5.74, 6) is 1.90. The van der Waals surface area contributed by atoms with Crippen molar-refractivity contribution in [3.05, 3.63) is 125 Å². The first-order chi connectivity index (χ1) is 17.0. The number of methoxy groups -OCH3 is 1. The van der Waals surface area contributed by atoms with Crippen molar-refractivity contribution in [2.45, 2.75) is 25.8 Å². The molecule has 0 aliphatic rings. The van der Waals surface area contributed by atoms with Crippen LogP contribution in [-0.4, -0.2) is 23.3 Å². The minimum absolute atomic E-state index is 0.420. The number of nitrogens with zero attached hydrogens (tertiary/aromatic N) is 1. The van der Waals surface area contributed by atoms with Crippen LogP contribution in [0.2, 0.25) is 0 Å². The Morgan fingerprint density at radius 1 is 0.771 bits per heavy atom. The highest BCUT2D eigenvalue weighted by Crippen LogP contribution is 2.25. The van der Waals surface area contributed by atoms with E-state index in [-0.39, 0.29) is 0 Å². The maximum Gasteiger partial charge on any atom is 0.277 e. The Kier molecular flexibility index (Phi) is 7.81. The van der Waals surface area contributed by atoms with Gasteiger partial charge in [-0.1, -0.05) is 54.6 Å².